The summed E-state index contributed by atoms with van der Waals surface area (Å²) in [6.07, 6.45) is 0.828. The number of rotatable bonds is 7. The molecule has 17 heavy (non-hydrogen) atoms. The molecule has 96 valence electrons. The van der Waals surface area contributed by atoms with Crippen LogP contribution in [-0.2, 0) is 4.74 Å². The van der Waals surface area contributed by atoms with Crippen molar-refractivity contribution in [2.24, 2.45) is 0 Å². The van der Waals surface area contributed by atoms with Crippen molar-refractivity contribution >= 4 is 23.2 Å². The monoisotopic (exact) mass is 277 g/mol. The normalized spacial score (nSPS) is 12.5. The molecule has 1 N–H and O–H groups in total. The van der Waals surface area contributed by atoms with Crippen molar-refractivity contribution in [3.8, 4) is 5.75 Å². The number of hydrogen-bond acceptors (Lipinski definition) is 3. The van der Waals surface area contributed by atoms with E-state index in [9.17, 15) is 0 Å². The number of nitrogens with one attached hydrogen (secondary N) is 1. The zero-order valence-electron chi connectivity index (χ0n) is 10.0. The van der Waals surface area contributed by atoms with Gasteiger partial charge in [-0.05, 0) is 38.2 Å². The molecule has 0 saturated carbocycles. The highest BCUT2D eigenvalue weighted by molar-refractivity contribution is 6.35. The third kappa shape index (κ3) is 5.13. The maximum atomic E-state index is 6.04. The van der Waals surface area contributed by atoms with Gasteiger partial charge in [-0.25, -0.2) is 0 Å². The van der Waals surface area contributed by atoms with Gasteiger partial charge in [-0.15, -0.1) is 0 Å². The van der Waals surface area contributed by atoms with Crippen molar-refractivity contribution in [2.75, 3.05) is 27.3 Å². The molecule has 0 bridgehead atoms. The zero-order valence-corrected chi connectivity index (χ0v) is 11.5. The Hall–Kier alpha value is -0.480. The smallest absolute Gasteiger partial charge is 0.138 e. The van der Waals surface area contributed by atoms with Crippen LogP contribution < -0.4 is 10.1 Å². The van der Waals surface area contributed by atoms with Crippen molar-refractivity contribution < 1.29 is 9.47 Å². The molecule has 0 aliphatic rings. The molecule has 0 spiro atoms. The van der Waals surface area contributed by atoms with Crippen LogP contribution in [0.1, 0.15) is 6.42 Å². The van der Waals surface area contributed by atoms with Crippen LogP contribution in [0.2, 0.25) is 10.0 Å². The van der Waals surface area contributed by atoms with Crippen LogP contribution in [0.5, 0.6) is 5.75 Å². The third-order valence-corrected chi connectivity index (χ3v) is 2.79. The zero-order chi connectivity index (χ0) is 12.7. The minimum absolute atomic E-state index is 0.0221. The van der Waals surface area contributed by atoms with E-state index in [1.807, 2.05) is 7.05 Å². The average Bonchev–Trinajstić information content (AvgIpc) is 2.29. The van der Waals surface area contributed by atoms with Crippen LogP contribution in [0.3, 0.4) is 0 Å². The van der Waals surface area contributed by atoms with Gasteiger partial charge in [-0.1, -0.05) is 23.2 Å². The van der Waals surface area contributed by atoms with E-state index in [1.165, 1.54) is 0 Å². The predicted octanol–water partition coefficient (Wildman–Crippen LogP) is 3.00. The lowest BCUT2D eigenvalue weighted by Crippen LogP contribution is -2.26. The Morgan fingerprint density at radius 2 is 2.12 bits per heavy atom. The largest absolute Gasteiger partial charge is 0.486 e. The van der Waals surface area contributed by atoms with E-state index in [1.54, 1.807) is 25.3 Å². The Labute approximate surface area is 112 Å². The molecule has 0 radical (unpaired) electrons. The molecule has 0 saturated heterocycles. The van der Waals surface area contributed by atoms with Gasteiger partial charge in [0.2, 0.25) is 0 Å². The molecule has 1 rings (SSSR count). The molecular formula is C12H17Cl2NO2. The lowest BCUT2D eigenvalue weighted by atomic mass is 10.2. The van der Waals surface area contributed by atoms with Gasteiger partial charge in [0.25, 0.3) is 0 Å². The van der Waals surface area contributed by atoms with Crippen LogP contribution in [-0.4, -0.2) is 33.4 Å². The van der Waals surface area contributed by atoms with E-state index in [-0.39, 0.29) is 6.10 Å². The molecule has 0 aliphatic heterocycles. The summed E-state index contributed by atoms with van der Waals surface area (Å²) < 4.78 is 10.9. The lowest BCUT2D eigenvalue weighted by Gasteiger charge is -2.19. The number of methoxy groups -OCH3 is 1. The summed E-state index contributed by atoms with van der Waals surface area (Å²) in [6, 6.07) is 5.19. The Bertz CT molecular complexity index is 347. The number of halogens is 2. The highest BCUT2D eigenvalue weighted by atomic mass is 35.5. The van der Waals surface area contributed by atoms with Crippen molar-refractivity contribution in [1.29, 1.82) is 0 Å². The van der Waals surface area contributed by atoms with Crippen LogP contribution in [0.4, 0.5) is 0 Å². The quantitative estimate of drug-likeness (QED) is 0.831. The summed E-state index contributed by atoms with van der Waals surface area (Å²) in [5.74, 6) is 0.634. The third-order valence-electron chi connectivity index (χ3n) is 2.26. The average molecular weight is 278 g/mol. The molecule has 0 heterocycles. The van der Waals surface area contributed by atoms with Crippen molar-refractivity contribution in [2.45, 2.75) is 12.5 Å². The van der Waals surface area contributed by atoms with Crippen molar-refractivity contribution in [3.63, 3.8) is 0 Å². The minimum Gasteiger partial charge on any atom is -0.486 e. The maximum absolute atomic E-state index is 6.04. The second kappa shape index (κ2) is 7.77. The Balaban J connectivity index is 2.64. The Kier molecular flexibility index (Phi) is 6.66. The molecule has 0 aliphatic carbocycles. The summed E-state index contributed by atoms with van der Waals surface area (Å²) >= 11 is 11.9. The van der Waals surface area contributed by atoms with E-state index in [4.69, 9.17) is 32.7 Å². The van der Waals surface area contributed by atoms with Crippen LogP contribution in [0.15, 0.2) is 18.2 Å². The number of benzene rings is 1. The minimum atomic E-state index is -0.0221. The van der Waals surface area contributed by atoms with Crippen LogP contribution in [0, 0.1) is 0 Å². The lowest BCUT2D eigenvalue weighted by molar-refractivity contribution is 0.0762. The molecule has 1 atom stereocenters. The standard InChI is InChI=1S/C12H17Cl2NO2/c1-15-6-5-10(8-16-2)17-12-4-3-9(13)7-11(12)14/h3-4,7,10,15H,5-6,8H2,1-2H3. The van der Waals surface area contributed by atoms with Gasteiger partial charge in [-0.2, -0.15) is 0 Å². The van der Waals surface area contributed by atoms with Gasteiger partial charge in [0.1, 0.15) is 11.9 Å². The second-order valence-corrected chi connectivity index (χ2v) is 4.51. The molecule has 1 aromatic carbocycles. The van der Waals surface area contributed by atoms with Crippen molar-refractivity contribution in [3.05, 3.63) is 28.2 Å². The highest BCUT2D eigenvalue weighted by Crippen LogP contribution is 2.28. The molecule has 0 fully saturated rings. The molecule has 3 nitrogen and oxygen atoms in total. The van der Waals surface area contributed by atoms with Crippen molar-refractivity contribution in [1.82, 2.24) is 5.32 Å². The number of hydrogen-bond donors (Lipinski definition) is 1. The summed E-state index contributed by atoms with van der Waals surface area (Å²) in [5, 5.41) is 4.19. The van der Waals surface area contributed by atoms with Gasteiger partial charge in [0.05, 0.1) is 11.6 Å². The van der Waals surface area contributed by atoms with E-state index < -0.39 is 0 Å². The fraction of sp³-hybridized carbons (Fsp3) is 0.500. The van der Waals surface area contributed by atoms with Crippen LogP contribution >= 0.6 is 23.2 Å². The summed E-state index contributed by atoms with van der Waals surface area (Å²) in [4.78, 5) is 0. The molecule has 5 heteroatoms. The molecular weight excluding hydrogens is 261 g/mol. The van der Waals surface area contributed by atoms with Gasteiger partial charge in [0.15, 0.2) is 0 Å². The van der Waals surface area contributed by atoms with Gasteiger partial charge >= 0.3 is 0 Å². The summed E-state index contributed by atoms with van der Waals surface area (Å²) in [6.45, 7) is 1.39. The molecule has 0 aromatic heterocycles. The van der Waals surface area contributed by atoms with Gasteiger partial charge in [0, 0.05) is 12.1 Å². The predicted molar refractivity (Wildman–Crippen MR) is 71.3 cm³/mol. The number of ether oxygens (including phenoxy) is 2. The maximum Gasteiger partial charge on any atom is 0.138 e. The first-order valence-corrected chi connectivity index (χ1v) is 6.18. The van der Waals surface area contributed by atoms with Crippen LogP contribution in [0.25, 0.3) is 0 Å². The molecule has 1 unspecified atom stereocenters. The highest BCUT2D eigenvalue weighted by Gasteiger charge is 2.12. The Morgan fingerprint density at radius 3 is 2.71 bits per heavy atom. The first kappa shape index (κ1) is 14.6. The van der Waals surface area contributed by atoms with Gasteiger partial charge < -0.3 is 14.8 Å². The first-order chi connectivity index (χ1) is 8.17. The van der Waals surface area contributed by atoms with E-state index in [0.717, 1.165) is 13.0 Å². The van der Waals surface area contributed by atoms with Gasteiger partial charge in [-0.3, -0.25) is 0 Å². The molecule has 1 aromatic rings. The van der Waals surface area contributed by atoms with E-state index in [2.05, 4.69) is 5.32 Å². The topological polar surface area (TPSA) is 30.5 Å². The van der Waals surface area contributed by atoms with E-state index >= 15 is 0 Å². The fourth-order valence-corrected chi connectivity index (χ4v) is 1.87. The molecule has 0 amide bonds. The Morgan fingerprint density at radius 1 is 1.35 bits per heavy atom. The summed E-state index contributed by atoms with van der Waals surface area (Å²) in [7, 11) is 3.55. The summed E-state index contributed by atoms with van der Waals surface area (Å²) in [5.41, 5.74) is 0. The second-order valence-electron chi connectivity index (χ2n) is 3.66. The van der Waals surface area contributed by atoms with E-state index in [0.29, 0.717) is 22.4 Å². The fourth-order valence-electron chi connectivity index (χ4n) is 1.42. The first-order valence-electron chi connectivity index (χ1n) is 5.42. The SMILES string of the molecule is CNCCC(COC)Oc1ccc(Cl)cc1Cl.